The summed E-state index contributed by atoms with van der Waals surface area (Å²) in [6.45, 7) is 5.01. The molecule has 0 radical (unpaired) electrons. The zero-order valence-electron chi connectivity index (χ0n) is 16.6. The van der Waals surface area contributed by atoms with Crippen molar-refractivity contribution >= 4 is 22.6 Å². The fraction of sp³-hybridized carbons (Fsp3) is 0.381. The van der Waals surface area contributed by atoms with Gasteiger partial charge in [0.2, 0.25) is 0 Å². The molecule has 30 heavy (non-hydrogen) atoms. The topological polar surface area (TPSA) is 78.3 Å². The van der Waals surface area contributed by atoms with Crippen LogP contribution in [0.4, 0.5) is 14.6 Å². The molecule has 4 rings (SSSR count). The van der Waals surface area contributed by atoms with E-state index in [2.05, 4.69) is 15.4 Å². The third-order valence-electron chi connectivity index (χ3n) is 4.75. The van der Waals surface area contributed by atoms with E-state index < -0.39 is 18.0 Å². The van der Waals surface area contributed by atoms with Crippen LogP contribution in [-0.2, 0) is 4.74 Å². The van der Waals surface area contributed by atoms with Crippen molar-refractivity contribution in [2.45, 2.75) is 38.8 Å². The molecule has 1 aromatic carbocycles. The minimum Gasteiger partial charge on any atom is -0.490 e. The number of fused-ring (bicyclic) bond motifs is 1. The first-order valence-corrected chi connectivity index (χ1v) is 9.74. The molecule has 1 fully saturated rings. The van der Waals surface area contributed by atoms with Gasteiger partial charge in [0.25, 0.3) is 12.3 Å². The number of nitrogens with one attached hydrogen (secondary N) is 1. The Morgan fingerprint density at radius 2 is 2.17 bits per heavy atom. The molecule has 158 valence electrons. The van der Waals surface area contributed by atoms with Crippen LogP contribution < -0.4 is 10.1 Å². The first-order chi connectivity index (χ1) is 14.4. The van der Waals surface area contributed by atoms with Crippen LogP contribution in [0.3, 0.4) is 0 Å². The van der Waals surface area contributed by atoms with Crippen LogP contribution in [0.1, 0.15) is 48.8 Å². The van der Waals surface area contributed by atoms with Crippen LogP contribution in [0.5, 0.6) is 5.75 Å². The predicted molar refractivity (Wildman–Crippen MR) is 107 cm³/mol. The molecule has 1 unspecified atom stereocenters. The summed E-state index contributed by atoms with van der Waals surface area (Å²) in [4.78, 5) is 16.7. The minimum absolute atomic E-state index is 0.0483. The lowest BCUT2D eigenvalue weighted by Crippen LogP contribution is -2.16. The number of ether oxygens (including phenoxy) is 2. The van der Waals surface area contributed by atoms with Crippen molar-refractivity contribution in [2.24, 2.45) is 0 Å². The van der Waals surface area contributed by atoms with Gasteiger partial charge in [0.15, 0.2) is 0 Å². The number of carbonyl (C=O) groups excluding carboxylic acids is 1. The Bertz CT molecular complexity index is 1060. The fourth-order valence-electron chi connectivity index (χ4n) is 3.34. The predicted octanol–water partition coefficient (Wildman–Crippen LogP) is 4.37. The number of alkyl halides is 2. The molecule has 0 spiro atoms. The Kier molecular flexibility index (Phi) is 5.63. The molecular weight excluding hydrogens is 394 g/mol. The van der Waals surface area contributed by atoms with Crippen molar-refractivity contribution in [2.75, 3.05) is 18.5 Å². The number of carbonyl (C=O) groups is 1. The maximum Gasteiger partial charge on any atom is 0.280 e. The van der Waals surface area contributed by atoms with E-state index in [-0.39, 0.29) is 23.5 Å². The molecule has 1 amide bonds. The van der Waals surface area contributed by atoms with Crippen LogP contribution in [-0.4, -0.2) is 40.0 Å². The zero-order valence-corrected chi connectivity index (χ0v) is 16.6. The normalized spacial score (nSPS) is 16.5. The lowest BCUT2D eigenvalue weighted by atomic mass is 10.1. The van der Waals surface area contributed by atoms with Gasteiger partial charge in [0.1, 0.15) is 17.3 Å². The van der Waals surface area contributed by atoms with Crippen molar-refractivity contribution < 1.29 is 23.0 Å². The minimum atomic E-state index is -2.72. The molecular formula is C21H22F2N4O3. The largest absolute Gasteiger partial charge is 0.490 e. The molecule has 2 aromatic heterocycles. The summed E-state index contributed by atoms with van der Waals surface area (Å²) >= 11 is 0. The first kappa shape index (κ1) is 20.2. The molecule has 1 saturated heterocycles. The van der Waals surface area contributed by atoms with Crippen LogP contribution in [0.2, 0.25) is 0 Å². The van der Waals surface area contributed by atoms with Crippen molar-refractivity contribution in [3.63, 3.8) is 0 Å². The molecule has 0 aliphatic carbocycles. The number of hydrogen-bond donors (Lipinski definition) is 1. The van der Waals surface area contributed by atoms with Crippen LogP contribution in [0.25, 0.3) is 10.9 Å². The average Bonchev–Trinajstić information content (AvgIpc) is 3.36. The fourth-order valence-corrected chi connectivity index (χ4v) is 3.34. The number of aromatic nitrogens is 3. The van der Waals surface area contributed by atoms with E-state index in [9.17, 15) is 13.6 Å². The highest BCUT2D eigenvalue weighted by Crippen LogP contribution is 2.29. The summed E-state index contributed by atoms with van der Waals surface area (Å²) in [6, 6.07) is 7.67. The van der Waals surface area contributed by atoms with Crippen LogP contribution >= 0.6 is 0 Å². The average molecular weight is 416 g/mol. The van der Waals surface area contributed by atoms with E-state index in [4.69, 9.17) is 9.47 Å². The second-order valence-corrected chi connectivity index (χ2v) is 7.40. The lowest BCUT2D eigenvalue weighted by Gasteiger charge is -2.14. The van der Waals surface area contributed by atoms with Crippen molar-refractivity contribution in [3.8, 4) is 5.75 Å². The third kappa shape index (κ3) is 4.25. The number of rotatable bonds is 6. The van der Waals surface area contributed by atoms with E-state index in [0.29, 0.717) is 24.5 Å². The zero-order chi connectivity index (χ0) is 21.3. The monoisotopic (exact) mass is 416 g/mol. The Hall–Kier alpha value is -3.07. The Morgan fingerprint density at radius 3 is 2.87 bits per heavy atom. The van der Waals surface area contributed by atoms with E-state index in [1.807, 2.05) is 24.7 Å². The Balaban J connectivity index is 1.68. The summed E-state index contributed by atoms with van der Waals surface area (Å²) in [6.07, 6.45) is -0.133. The van der Waals surface area contributed by atoms with Crippen molar-refractivity contribution in [1.82, 2.24) is 14.8 Å². The van der Waals surface area contributed by atoms with Gasteiger partial charge in [0.05, 0.1) is 29.8 Å². The molecule has 3 aromatic rings. The van der Waals surface area contributed by atoms with E-state index in [1.54, 1.807) is 12.1 Å². The van der Waals surface area contributed by atoms with Crippen LogP contribution in [0, 0.1) is 0 Å². The van der Waals surface area contributed by atoms with Gasteiger partial charge in [-0.15, -0.1) is 0 Å². The lowest BCUT2D eigenvalue weighted by molar-refractivity contribution is 0.102. The Labute approximate surface area is 172 Å². The number of benzene rings is 1. The van der Waals surface area contributed by atoms with E-state index in [0.717, 1.165) is 11.8 Å². The molecule has 1 N–H and O–H groups in total. The molecule has 1 aliphatic rings. The number of amides is 1. The van der Waals surface area contributed by atoms with Gasteiger partial charge >= 0.3 is 0 Å². The second-order valence-electron chi connectivity index (χ2n) is 7.40. The van der Waals surface area contributed by atoms with E-state index in [1.165, 1.54) is 18.2 Å². The van der Waals surface area contributed by atoms with Gasteiger partial charge in [-0.05, 0) is 38.5 Å². The molecule has 1 aliphatic heterocycles. The maximum absolute atomic E-state index is 12.9. The highest BCUT2D eigenvalue weighted by atomic mass is 19.3. The van der Waals surface area contributed by atoms with Gasteiger partial charge in [-0.1, -0.05) is 6.07 Å². The van der Waals surface area contributed by atoms with E-state index >= 15 is 0 Å². The maximum atomic E-state index is 12.9. The van der Waals surface area contributed by atoms with Gasteiger partial charge < -0.3 is 14.8 Å². The smallest absolute Gasteiger partial charge is 0.280 e. The molecule has 3 heterocycles. The number of hydrogen-bond acceptors (Lipinski definition) is 5. The molecule has 9 heteroatoms. The third-order valence-corrected chi connectivity index (χ3v) is 4.75. The van der Waals surface area contributed by atoms with Crippen molar-refractivity contribution in [3.05, 3.63) is 47.8 Å². The summed E-state index contributed by atoms with van der Waals surface area (Å²) in [7, 11) is 0. The molecule has 0 bridgehead atoms. The van der Waals surface area contributed by atoms with Gasteiger partial charge in [-0.3, -0.25) is 9.48 Å². The quantitative estimate of drug-likeness (QED) is 0.646. The number of halogens is 2. The highest BCUT2D eigenvalue weighted by Gasteiger charge is 2.22. The summed E-state index contributed by atoms with van der Waals surface area (Å²) in [5.74, 6) is -0.0801. The molecule has 7 nitrogen and oxygen atoms in total. The van der Waals surface area contributed by atoms with Gasteiger partial charge in [0, 0.05) is 24.3 Å². The summed E-state index contributed by atoms with van der Waals surface area (Å²) < 4.78 is 38.9. The van der Waals surface area contributed by atoms with Gasteiger partial charge in [-0.2, -0.15) is 5.10 Å². The molecule has 1 atom stereocenters. The number of nitrogens with zero attached hydrogens (tertiary/aromatic N) is 3. The number of anilines is 1. The number of pyridine rings is 1. The Morgan fingerprint density at radius 1 is 1.33 bits per heavy atom. The second kappa shape index (κ2) is 8.35. The van der Waals surface area contributed by atoms with Crippen LogP contribution in [0.15, 0.2) is 36.5 Å². The van der Waals surface area contributed by atoms with Crippen molar-refractivity contribution in [1.29, 1.82) is 0 Å². The SMILES string of the molecule is CC(C)Oc1cc2nn(C3CCOC3)cc2cc1C(=O)Nc1cccc(C(F)F)n1. The van der Waals surface area contributed by atoms with Gasteiger partial charge in [-0.25, -0.2) is 13.8 Å². The standard InChI is InChI=1S/C21H22F2N4O3/c1-12(2)30-18-9-17-13(10-27(26-17)14-6-7-29-11-14)8-15(18)21(28)25-19-5-3-4-16(24-19)20(22)23/h3-5,8-10,12,14,20H,6-7,11H2,1-2H3,(H,24,25,28). The summed E-state index contributed by atoms with van der Waals surface area (Å²) in [5, 5.41) is 7.97. The summed E-state index contributed by atoms with van der Waals surface area (Å²) in [5.41, 5.74) is 0.580. The highest BCUT2D eigenvalue weighted by molar-refractivity contribution is 6.08. The first-order valence-electron chi connectivity index (χ1n) is 9.74. The molecule has 0 saturated carbocycles.